The normalized spacial score (nSPS) is 12.0. The Morgan fingerprint density at radius 1 is 1.45 bits per heavy atom. The number of amides is 1. The van der Waals surface area contributed by atoms with Crippen molar-refractivity contribution in [2.45, 2.75) is 6.04 Å². The number of anilines is 2. The molecule has 0 aliphatic heterocycles. The lowest BCUT2D eigenvalue weighted by Gasteiger charge is -2.18. The Morgan fingerprint density at radius 2 is 2.20 bits per heavy atom. The largest absolute Gasteiger partial charge is 0.376 e. The van der Waals surface area contributed by atoms with Gasteiger partial charge in [-0.05, 0) is 6.07 Å². The Balaban J connectivity index is 2.16. The zero-order valence-corrected chi connectivity index (χ0v) is 11.7. The summed E-state index contributed by atoms with van der Waals surface area (Å²) in [6.45, 7) is 0. The summed E-state index contributed by atoms with van der Waals surface area (Å²) in [4.78, 5) is 18.1. The van der Waals surface area contributed by atoms with Crippen LogP contribution < -0.4 is 16.0 Å². The number of nitrogens with two attached hydrogens (primary N) is 1. The topological polar surface area (TPSA) is 89.1 Å². The van der Waals surface area contributed by atoms with Crippen molar-refractivity contribution in [3.05, 3.63) is 36.4 Å². The molecule has 1 unspecified atom stereocenters. The van der Waals surface area contributed by atoms with Crippen LogP contribution >= 0.6 is 0 Å². The van der Waals surface area contributed by atoms with Crippen molar-refractivity contribution in [1.82, 2.24) is 14.8 Å². The molecule has 0 fully saturated rings. The maximum absolute atomic E-state index is 12.2. The fourth-order valence-corrected chi connectivity index (χ4v) is 1.84. The standard InChI is InChI=1S/C13H18N6O/c1-18(2)11-4-5-15-7-10(11)17-13(20)12(14)9-6-16-19(3)8-9/h4-8,12H,14H2,1-3H3,(H,17,20). The first-order chi connectivity index (χ1) is 9.49. The highest BCUT2D eigenvalue weighted by Crippen LogP contribution is 2.23. The molecular weight excluding hydrogens is 256 g/mol. The number of carbonyl (C=O) groups excluding carboxylic acids is 1. The van der Waals surface area contributed by atoms with Crippen molar-refractivity contribution in [1.29, 1.82) is 0 Å². The first kappa shape index (κ1) is 14.0. The van der Waals surface area contributed by atoms with Gasteiger partial charge < -0.3 is 16.0 Å². The summed E-state index contributed by atoms with van der Waals surface area (Å²) in [5.41, 5.74) is 8.09. The molecule has 0 spiro atoms. The van der Waals surface area contributed by atoms with Gasteiger partial charge >= 0.3 is 0 Å². The summed E-state index contributed by atoms with van der Waals surface area (Å²) in [5, 5.41) is 6.80. The SMILES string of the molecule is CN(C)c1ccncc1NC(=O)C(N)c1cnn(C)c1. The minimum absolute atomic E-state index is 0.297. The van der Waals surface area contributed by atoms with Crippen LogP contribution in [0.15, 0.2) is 30.9 Å². The van der Waals surface area contributed by atoms with E-state index in [0.29, 0.717) is 11.3 Å². The Kier molecular flexibility index (Phi) is 3.99. The molecule has 0 saturated carbocycles. The minimum atomic E-state index is -0.765. The van der Waals surface area contributed by atoms with E-state index in [1.807, 2.05) is 25.1 Å². The van der Waals surface area contributed by atoms with Crippen molar-refractivity contribution in [3.63, 3.8) is 0 Å². The van der Waals surface area contributed by atoms with E-state index >= 15 is 0 Å². The van der Waals surface area contributed by atoms with E-state index in [4.69, 9.17) is 5.73 Å². The van der Waals surface area contributed by atoms with E-state index in [1.54, 1.807) is 36.5 Å². The van der Waals surface area contributed by atoms with Crippen LogP contribution in [0, 0.1) is 0 Å². The zero-order chi connectivity index (χ0) is 14.7. The number of aromatic nitrogens is 3. The molecule has 2 rings (SSSR count). The second-order valence-corrected chi connectivity index (χ2v) is 4.70. The smallest absolute Gasteiger partial charge is 0.246 e. The molecule has 0 bridgehead atoms. The molecule has 106 valence electrons. The highest BCUT2D eigenvalue weighted by Gasteiger charge is 2.18. The summed E-state index contributed by atoms with van der Waals surface area (Å²) < 4.78 is 1.61. The number of pyridine rings is 1. The van der Waals surface area contributed by atoms with Crippen molar-refractivity contribution in [2.24, 2.45) is 12.8 Å². The number of nitrogens with one attached hydrogen (secondary N) is 1. The monoisotopic (exact) mass is 274 g/mol. The van der Waals surface area contributed by atoms with Gasteiger partial charge in [0.25, 0.3) is 0 Å². The van der Waals surface area contributed by atoms with Gasteiger partial charge in [-0.3, -0.25) is 14.5 Å². The van der Waals surface area contributed by atoms with Gasteiger partial charge in [0.15, 0.2) is 0 Å². The summed E-state index contributed by atoms with van der Waals surface area (Å²) in [5.74, 6) is -0.297. The van der Waals surface area contributed by atoms with E-state index in [9.17, 15) is 4.79 Å². The predicted molar refractivity (Wildman–Crippen MR) is 77.3 cm³/mol. The Morgan fingerprint density at radius 3 is 2.80 bits per heavy atom. The third-order valence-electron chi connectivity index (χ3n) is 2.90. The van der Waals surface area contributed by atoms with Gasteiger partial charge in [-0.2, -0.15) is 5.10 Å². The van der Waals surface area contributed by atoms with E-state index < -0.39 is 6.04 Å². The average molecular weight is 274 g/mol. The lowest BCUT2D eigenvalue weighted by Crippen LogP contribution is -2.28. The molecule has 0 saturated heterocycles. The quantitative estimate of drug-likeness (QED) is 0.848. The van der Waals surface area contributed by atoms with Crippen LogP contribution in [0.4, 0.5) is 11.4 Å². The molecule has 7 nitrogen and oxygen atoms in total. The molecule has 0 aliphatic rings. The van der Waals surface area contributed by atoms with Crippen LogP contribution in [0.3, 0.4) is 0 Å². The summed E-state index contributed by atoms with van der Waals surface area (Å²) >= 11 is 0. The number of carbonyl (C=O) groups is 1. The Hall–Kier alpha value is -2.41. The van der Waals surface area contributed by atoms with Gasteiger partial charge in [0.2, 0.25) is 5.91 Å². The van der Waals surface area contributed by atoms with Gasteiger partial charge in [0.1, 0.15) is 6.04 Å². The Bertz CT molecular complexity index is 606. The summed E-state index contributed by atoms with van der Waals surface area (Å²) in [6.07, 6.45) is 6.58. The molecule has 3 N–H and O–H groups in total. The minimum Gasteiger partial charge on any atom is -0.376 e. The Labute approximate surface area is 117 Å². The predicted octanol–water partition coefficient (Wildman–Crippen LogP) is 0.520. The number of hydrogen-bond acceptors (Lipinski definition) is 5. The van der Waals surface area contributed by atoms with Crippen LogP contribution in [-0.2, 0) is 11.8 Å². The molecule has 0 aliphatic carbocycles. The van der Waals surface area contributed by atoms with Crippen molar-refractivity contribution < 1.29 is 4.79 Å². The van der Waals surface area contributed by atoms with Gasteiger partial charge in [0, 0.05) is 39.1 Å². The summed E-state index contributed by atoms with van der Waals surface area (Å²) in [6, 6.07) is 1.06. The van der Waals surface area contributed by atoms with Gasteiger partial charge in [-0.1, -0.05) is 0 Å². The van der Waals surface area contributed by atoms with E-state index in [2.05, 4.69) is 15.4 Å². The lowest BCUT2D eigenvalue weighted by molar-refractivity contribution is -0.117. The van der Waals surface area contributed by atoms with Gasteiger partial charge in [0.05, 0.1) is 23.8 Å². The first-order valence-corrected chi connectivity index (χ1v) is 6.15. The second kappa shape index (κ2) is 5.70. The first-order valence-electron chi connectivity index (χ1n) is 6.15. The number of hydrogen-bond donors (Lipinski definition) is 2. The van der Waals surface area contributed by atoms with Crippen LogP contribution in [0.1, 0.15) is 11.6 Å². The van der Waals surface area contributed by atoms with E-state index in [-0.39, 0.29) is 5.91 Å². The van der Waals surface area contributed by atoms with Crippen molar-refractivity contribution in [2.75, 3.05) is 24.3 Å². The highest BCUT2D eigenvalue weighted by molar-refractivity contribution is 5.97. The third kappa shape index (κ3) is 2.94. The average Bonchev–Trinajstić information content (AvgIpc) is 2.84. The fraction of sp³-hybridized carbons (Fsp3) is 0.308. The molecular formula is C13H18N6O. The molecule has 2 aromatic rings. The molecule has 1 amide bonds. The number of nitrogens with zero attached hydrogens (tertiary/aromatic N) is 4. The van der Waals surface area contributed by atoms with Gasteiger partial charge in [-0.25, -0.2) is 0 Å². The van der Waals surface area contributed by atoms with Crippen molar-refractivity contribution in [3.8, 4) is 0 Å². The van der Waals surface area contributed by atoms with Crippen LogP contribution in [-0.4, -0.2) is 34.8 Å². The van der Waals surface area contributed by atoms with Gasteiger partial charge in [-0.15, -0.1) is 0 Å². The van der Waals surface area contributed by atoms with Crippen LogP contribution in [0.2, 0.25) is 0 Å². The van der Waals surface area contributed by atoms with E-state index in [0.717, 1.165) is 5.69 Å². The van der Waals surface area contributed by atoms with Crippen LogP contribution in [0.5, 0.6) is 0 Å². The third-order valence-corrected chi connectivity index (χ3v) is 2.90. The zero-order valence-electron chi connectivity index (χ0n) is 11.7. The molecule has 0 aromatic carbocycles. The molecule has 20 heavy (non-hydrogen) atoms. The summed E-state index contributed by atoms with van der Waals surface area (Å²) in [7, 11) is 5.57. The van der Waals surface area contributed by atoms with Crippen LogP contribution in [0.25, 0.3) is 0 Å². The fourth-order valence-electron chi connectivity index (χ4n) is 1.84. The maximum atomic E-state index is 12.2. The van der Waals surface area contributed by atoms with Crippen molar-refractivity contribution >= 4 is 17.3 Å². The molecule has 2 aromatic heterocycles. The molecule has 0 radical (unpaired) electrons. The lowest BCUT2D eigenvalue weighted by atomic mass is 10.1. The second-order valence-electron chi connectivity index (χ2n) is 4.70. The molecule has 2 heterocycles. The maximum Gasteiger partial charge on any atom is 0.246 e. The highest BCUT2D eigenvalue weighted by atomic mass is 16.2. The number of aryl methyl sites for hydroxylation is 1. The number of rotatable bonds is 4. The molecule has 1 atom stereocenters. The molecule has 7 heteroatoms. The van der Waals surface area contributed by atoms with E-state index in [1.165, 1.54) is 0 Å².